The molecule has 2 atom stereocenters. The van der Waals surface area contributed by atoms with Crippen LogP contribution < -0.4 is 0 Å². The van der Waals surface area contributed by atoms with Gasteiger partial charge in [-0.3, -0.25) is 9.69 Å². The number of ether oxygens (including phenoxy) is 1. The van der Waals surface area contributed by atoms with Gasteiger partial charge in [0.15, 0.2) is 0 Å². The minimum Gasteiger partial charge on any atom is -0.468 e. The van der Waals surface area contributed by atoms with Crippen molar-refractivity contribution in [1.82, 2.24) is 4.90 Å². The molecule has 0 aromatic carbocycles. The molecule has 94 valence electrons. The van der Waals surface area contributed by atoms with Gasteiger partial charge in [-0.05, 0) is 38.3 Å². The lowest BCUT2D eigenvalue weighted by Crippen LogP contribution is -2.45. The van der Waals surface area contributed by atoms with Gasteiger partial charge in [-0.1, -0.05) is 26.7 Å². The Morgan fingerprint density at radius 2 is 2.25 bits per heavy atom. The molecule has 1 aliphatic heterocycles. The van der Waals surface area contributed by atoms with Crippen LogP contribution in [0.25, 0.3) is 0 Å². The molecule has 1 rings (SSSR count). The fraction of sp³-hybridized carbons (Fsp3) is 0.923. The summed E-state index contributed by atoms with van der Waals surface area (Å²) in [5.41, 5.74) is 0. The maximum Gasteiger partial charge on any atom is 0.323 e. The normalized spacial score (nSPS) is 24.1. The van der Waals surface area contributed by atoms with Crippen LogP contribution in [0.5, 0.6) is 0 Å². The molecule has 1 aliphatic rings. The first-order valence-electron chi connectivity index (χ1n) is 6.51. The van der Waals surface area contributed by atoms with E-state index in [1.54, 1.807) is 0 Å². The van der Waals surface area contributed by atoms with E-state index < -0.39 is 0 Å². The van der Waals surface area contributed by atoms with E-state index in [4.69, 9.17) is 4.74 Å². The molecule has 0 aliphatic carbocycles. The third-order valence-electron chi connectivity index (χ3n) is 3.69. The molecule has 0 bridgehead atoms. The zero-order valence-electron chi connectivity index (χ0n) is 10.9. The second kappa shape index (κ2) is 6.89. The molecule has 0 amide bonds. The third-order valence-corrected chi connectivity index (χ3v) is 3.69. The number of hydrogen-bond acceptors (Lipinski definition) is 3. The average molecular weight is 227 g/mol. The lowest BCUT2D eigenvalue weighted by atomic mass is 9.99. The number of piperidine rings is 1. The molecule has 0 radical (unpaired) electrons. The Labute approximate surface area is 99.1 Å². The van der Waals surface area contributed by atoms with Gasteiger partial charge in [-0.2, -0.15) is 0 Å². The van der Waals surface area contributed by atoms with Crippen LogP contribution in [0, 0.1) is 5.92 Å². The van der Waals surface area contributed by atoms with Crippen LogP contribution in [-0.2, 0) is 9.53 Å². The van der Waals surface area contributed by atoms with Gasteiger partial charge in [-0.25, -0.2) is 0 Å². The summed E-state index contributed by atoms with van der Waals surface area (Å²) in [6.45, 7) is 6.58. The summed E-state index contributed by atoms with van der Waals surface area (Å²) >= 11 is 0. The van der Waals surface area contributed by atoms with Gasteiger partial charge in [0.05, 0.1) is 7.11 Å². The highest BCUT2D eigenvalue weighted by Gasteiger charge is 2.28. The Kier molecular flexibility index (Phi) is 5.81. The molecule has 0 aromatic heterocycles. The number of nitrogens with zero attached hydrogens (tertiary/aromatic N) is 1. The molecule has 0 spiro atoms. The molecule has 2 unspecified atom stereocenters. The minimum atomic E-state index is -0.0520. The molecule has 3 heteroatoms. The first-order chi connectivity index (χ1) is 7.69. The maximum atomic E-state index is 11.6. The number of carbonyl (C=O) groups excluding carboxylic acids is 1. The van der Waals surface area contributed by atoms with E-state index in [-0.39, 0.29) is 12.0 Å². The predicted molar refractivity (Wildman–Crippen MR) is 65.3 cm³/mol. The van der Waals surface area contributed by atoms with Gasteiger partial charge in [0.25, 0.3) is 0 Å². The Hall–Kier alpha value is -0.570. The summed E-state index contributed by atoms with van der Waals surface area (Å²) in [4.78, 5) is 13.9. The van der Waals surface area contributed by atoms with Gasteiger partial charge in [0.1, 0.15) is 6.04 Å². The fourth-order valence-electron chi connectivity index (χ4n) is 2.25. The summed E-state index contributed by atoms with van der Waals surface area (Å²) in [6.07, 6.45) is 5.74. The summed E-state index contributed by atoms with van der Waals surface area (Å²) < 4.78 is 4.87. The SMILES string of the molecule is CCC(C)CCN1CCCCC1C(=O)OC. The number of carbonyl (C=O) groups is 1. The standard InChI is InChI=1S/C13H25NO2/c1-4-11(2)8-10-14-9-6-5-7-12(14)13(15)16-3/h11-12H,4-10H2,1-3H3. The van der Waals surface area contributed by atoms with Gasteiger partial charge in [-0.15, -0.1) is 0 Å². The van der Waals surface area contributed by atoms with Crippen molar-refractivity contribution in [2.24, 2.45) is 5.92 Å². The number of methoxy groups -OCH3 is 1. The van der Waals surface area contributed by atoms with Crippen LogP contribution >= 0.6 is 0 Å². The van der Waals surface area contributed by atoms with E-state index >= 15 is 0 Å². The Morgan fingerprint density at radius 1 is 1.50 bits per heavy atom. The van der Waals surface area contributed by atoms with Gasteiger partial charge in [0.2, 0.25) is 0 Å². The molecule has 0 saturated carbocycles. The second-order valence-electron chi connectivity index (χ2n) is 4.87. The molecule has 1 saturated heterocycles. The minimum absolute atomic E-state index is 0.0165. The van der Waals surface area contributed by atoms with Crippen molar-refractivity contribution in [2.45, 2.75) is 52.0 Å². The van der Waals surface area contributed by atoms with Crippen LogP contribution in [-0.4, -0.2) is 37.1 Å². The molecule has 0 aromatic rings. The molecule has 0 N–H and O–H groups in total. The van der Waals surface area contributed by atoms with E-state index in [1.807, 2.05) is 0 Å². The van der Waals surface area contributed by atoms with Crippen LogP contribution in [0.4, 0.5) is 0 Å². The Bertz CT molecular complexity index is 218. The smallest absolute Gasteiger partial charge is 0.323 e. The van der Waals surface area contributed by atoms with Gasteiger partial charge < -0.3 is 4.74 Å². The number of esters is 1. The zero-order valence-corrected chi connectivity index (χ0v) is 10.9. The highest BCUT2D eigenvalue weighted by molar-refractivity contribution is 5.75. The fourth-order valence-corrected chi connectivity index (χ4v) is 2.25. The van der Waals surface area contributed by atoms with E-state index in [1.165, 1.54) is 26.4 Å². The van der Waals surface area contributed by atoms with Crippen LogP contribution in [0.2, 0.25) is 0 Å². The Balaban J connectivity index is 2.44. The zero-order chi connectivity index (χ0) is 12.0. The summed E-state index contributed by atoms with van der Waals surface area (Å²) in [7, 11) is 1.49. The first kappa shape index (κ1) is 13.5. The highest BCUT2D eigenvalue weighted by atomic mass is 16.5. The summed E-state index contributed by atoms with van der Waals surface area (Å²) in [6, 6.07) is 0.0165. The largest absolute Gasteiger partial charge is 0.468 e. The highest BCUT2D eigenvalue weighted by Crippen LogP contribution is 2.19. The van der Waals surface area contributed by atoms with E-state index in [2.05, 4.69) is 18.7 Å². The van der Waals surface area contributed by atoms with Crippen molar-refractivity contribution in [1.29, 1.82) is 0 Å². The molecule has 16 heavy (non-hydrogen) atoms. The first-order valence-corrected chi connectivity index (χ1v) is 6.51. The lowest BCUT2D eigenvalue weighted by Gasteiger charge is -2.34. The predicted octanol–water partition coefficient (Wildman–Crippen LogP) is 2.45. The van der Waals surface area contributed by atoms with E-state index in [0.29, 0.717) is 0 Å². The quantitative estimate of drug-likeness (QED) is 0.676. The van der Waals surface area contributed by atoms with Crippen molar-refractivity contribution in [2.75, 3.05) is 20.2 Å². The van der Waals surface area contributed by atoms with Crippen molar-refractivity contribution in [3.05, 3.63) is 0 Å². The van der Waals surface area contributed by atoms with Gasteiger partial charge >= 0.3 is 5.97 Å². The molecule has 3 nitrogen and oxygen atoms in total. The van der Waals surface area contributed by atoms with Crippen molar-refractivity contribution < 1.29 is 9.53 Å². The van der Waals surface area contributed by atoms with Crippen molar-refractivity contribution >= 4 is 5.97 Å². The molecule has 1 heterocycles. The van der Waals surface area contributed by atoms with Crippen molar-refractivity contribution in [3.8, 4) is 0 Å². The van der Waals surface area contributed by atoms with Crippen LogP contribution in [0.1, 0.15) is 46.0 Å². The number of likely N-dealkylation sites (tertiary alicyclic amines) is 1. The van der Waals surface area contributed by atoms with E-state index in [9.17, 15) is 4.79 Å². The monoisotopic (exact) mass is 227 g/mol. The van der Waals surface area contributed by atoms with Gasteiger partial charge in [0, 0.05) is 0 Å². The topological polar surface area (TPSA) is 29.5 Å². The third kappa shape index (κ3) is 3.78. The lowest BCUT2D eigenvalue weighted by molar-refractivity contribution is -0.148. The molecular weight excluding hydrogens is 202 g/mol. The second-order valence-corrected chi connectivity index (χ2v) is 4.87. The van der Waals surface area contributed by atoms with Crippen molar-refractivity contribution in [3.63, 3.8) is 0 Å². The van der Waals surface area contributed by atoms with E-state index in [0.717, 1.165) is 31.8 Å². The molecular formula is C13H25NO2. The summed E-state index contributed by atoms with van der Waals surface area (Å²) in [5, 5.41) is 0. The number of rotatable bonds is 5. The number of hydrogen-bond donors (Lipinski definition) is 0. The maximum absolute atomic E-state index is 11.6. The Morgan fingerprint density at radius 3 is 2.88 bits per heavy atom. The average Bonchev–Trinajstić information content (AvgIpc) is 2.35. The van der Waals surface area contributed by atoms with Crippen LogP contribution in [0.15, 0.2) is 0 Å². The molecule has 1 fully saturated rings. The summed E-state index contributed by atoms with van der Waals surface area (Å²) in [5.74, 6) is 0.698. The van der Waals surface area contributed by atoms with Crippen LogP contribution in [0.3, 0.4) is 0 Å².